The molecule has 0 atom stereocenters. The molecule has 2 aromatic heterocycles. The van der Waals surface area contributed by atoms with Gasteiger partial charge in [-0.15, -0.1) is 0 Å². The van der Waals surface area contributed by atoms with Crippen molar-refractivity contribution < 1.29 is 4.52 Å². The number of hydrogen-bond acceptors (Lipinski definition) is 4. The Kier molecular flexibility index (Phi) is 2.30. The van der Waals surface area contributed by atoms with Crippen LogP contribution in [0.1, 0.15) is 5.89 Å². The molecule has 0 spiro atoms. The highest BCUT2D eigenvalue weighted by Crippen LogP contribution is 2.17. The van der Waals surface area contributed by atoms with Crippen LogP contribution in [-0.2, 0) is 0 Å². The van der Waals surface area contributed by atoms with Gasteiger partial charge < -0.3 is 9.51 Å². The molecule has 1 N–H and O–H groups in total. The molecule has 0 amide bonds. The zero-order valence-corrected chi connectivity index (χ0v) is 9.38. The number of nitrogens with zero attached hydrogens (tertiary/aromatic N) is 2. The van der Waals surface area contributed by atoms with Gasteiger partial charge in [-0.2, -0.15) is 4.98 Å². The fourth-order valence-electron chi connectivity index (χ4n) is 1.74. The molecule has 0 radical (unpaired) electrons. The molecule has 0 unspecified atom stereocenters. The maximum Gasteiger partial charge on any atom is 0.259 e. The van der Waals surface area contributed by atoms with Gasteiger partial charge in [-0.05, 0) is 23.6 Å². The van der Waals surface area contributed by atoms with Gasteiger partial charge >= 0.3 is 0 Å². The molecule has 5 heteroatoms. The molecule has 0 aliphatic rings. The Morgan fingerprint density at radius 3 is 2.94 bits per heavy atom. The summed E-state index contributed by atoms with van der Waals surface area (Å²) in [5.74, 6) is 0.550. The third kappa shape index (κ3) is 1.62. The van der Waals surface area contributed by atoms with E-state index in [0.29, 0.717) is 5.56 Å². The first-order chi connectivity index (χ1) is 8.78. The molecule has 1 aromatic carbocycles. The van der Waals surface area contributed by atoms with E-state index in [2.05, 4.69) is 21.7 Å². The molecule has 0 fully saturated rings. The van der Waals surface area contributed by atoms with Crippen molar-refractivity contribution in [2.24, 2.45) is 0 Å². The van der Waals surface area contributed by atoms with Crippen molar-refractivity contribution in [3.8, 4) is 11.4 Å². The Morgan fingerprint density at radius 2 is 2.17 bits per heavy atom. The lowest BCUT2D eigenvalue weighted by atomic mass is 10.1. The predicted molar refractivity (Wildman–Crippen MR) is 68.0 cm³/mol. The zero-order valence-electron chi connectivity index (χ0n) is 9.38. The molecule has 0 bridgehead atoms. The third-order valence-electron chi connectivity index (χ3n) is 2.61. The lowest BCUT2D eigenvalue weighted by Gasteiger charge is -1.98. The second kappa shape index (κ2) is 3.96. The number of para-hydroxylation sites is 1. The maximum absolute atomic E-state index is 11.9. The highest BCUT2D eigenvalue weighted by atomic mass is 16.5. The van der Waals surface area contributed by atoms with Crippen molar-refractivity contribution in [1.29, 1.82) is 0 Å². The summed E-state index contributed by atoms with van der Waals surface area (Å²) in [5, 5.41) is 4.66. The van der Waals surface area contributed by atoms with E-state index in [-0.39, 0.29) is 17.3 Å². The van der Waals surface area contributed by atoms with Crippen LogP contribution < -0.4 is 5.56 Å². The highest BCUT2D eigenvalue weighted by molar-refractivity contribution is 5.82. The maximum atomic E-state index is 11.9. The van der Waals surface area contributed by atoms with E-state index in [1.165, 1.54) is 6.08 Å². The van der Waals surface area contributed by atoms with E-state index < -0.39 is 0 Å². The van der Waals surface area contributed by atoms with Crippen LogP contribution in [0.4, 0.5) is 0 Å². The van der Waals surface area contributed by atoms with Crippen LogP contribution in [0.2, 0.25) is 0 Å². The number of pyridine rings is 1. The van der Waals surface area contributed by atoms with Gasteiger partial charge in [0.2, 0.25) is 11.7 Å². The highest BCUT2D eigenvalue weighted by Gasteiger charge is 2.11. The summed E-state index contributed by atoms with van der Waals surface area (Å²) in [6, 6.07) is 9.25. The number of fused-ring (bicyclic) bond motifs is 1. The molecule has 2 heterocycles. The number of benzene rings is 1. The topological polar surface area (TPSA) is 71.8 Å². The van der Waals surface area contributed by atoms with Crippen molar-refractivity contribution in [3.63, 3.8) is 0 Å². The zero-order chi connectivity index (χ0) is 12.5. The van der Waals surface area contributed by atoms with Crippen molar-refractivity contribution >= 4 is 17.0 Å². The molecule has 0 saturated carbocycles. The number of aromatic amines is 1. The largest absolute Gasteiger partial charge is 0.334 e. The normalized spacial score (nSPS) is 10.7. The Labute approximate surface area is 102 Å². The van der Waals surface area contributed by atoms with Gasteiger partial charge in [0.25, 0.3) is 5.56 Å². The molecule has 3 rings (SSSR count). The second-order valence-corrected chi connectivity index (χ2v) is 3.76. The molecule has 3 aromatic rings. The number of hydrogen-bond donors (Lipinski definition) is 1. The van der Waals surface area contributed by atoms with Crippen molar-refractivity contribution in [1.82, 2.24) is 15.1 Å². The van der Waals surface area contributed by atoms with E-state index in [0.717, 1.165) is 10.9 Å². The minimum absolute atomic E-state index is 0.245. The molecule has 88 valence electrons. The van der Waals surface area contributed by atoms with Crippen LogP contribution in [0.5, 0.6) is 0 Å². The predicted octanol–water partition coefficient (Wildman–Crippen LogP) is 2.22. The first kappa shape index (κ1) is 10.5. The molecule has 0 aliphatic carbocycles. The van der Waals surface area contributed by atoms with Gasteiger partial charge in [0, 0.05) is 5.52 Å². The molecule has 5 nitrogen and oxygen atoms in total. The summed E-state index contributed by atoms with van der Waals surface area (Å²) in [4.78, 5) is 18.8. The second-order valence-electron chi connectivity index (χ2n) is 3.76. The first-order valence-electron chi connectivity index (χ1n) is 5.36. The number of aromatic nitrogens is 3. The quantitative estimate of drug-likeness (QED) is 0.744. The summed E-state index contributed by atoms with van der Waals surface area (Å²) in [6.45, 7) is 3.53. The van der Waals surface area contributed by atoms with Crippen LogP contribution >= 0.6 is 0 Å². The fraction of sp³-hybridized carbons (Fsp3) is 0. The Balaban J connectivity index is 2.25. The van der Waals surface area contributed by atoms with Gasteiger partial charge in [0.1, 0.15) is 0 Å². The van der Waals surface area contributed by atoms with Crippen LogP contribution in [0, 0.1) is 0 Å². The van der Waals surface area contributed by atoms with Crippen LogP contribution in [0.25, 0.3) is 28.4 Å². The lowest BCUT2D eigenvalue weighted by molar-refractivity contribution is 0.411. The van der Waals surface area contributed by atoms with Crippen molar-refractivity contribution in [3.05, 3.63) is 53.2 Å². The van der Waals surface area contributed by atoms with Crippen LogP contribution in [-0.4, -0.2) is 15.1 Å². The van der Waals surface area contributed by atoms with Crippen LogP contribution in [0.15, 0.2) is 46.2 Å². The Hall–Kier alpha value is -2.69. The smallest absolute Gasteiger partial charge is 0.259 e. The molecular formula is C13H9N3O2. The number of rotatable bonds is 2. The lowest BCUT2D eigenvalue weighted by Crippen LogP contribution is -2.09. The van der Waals surface area contributed by atoms with Crippen LogP contribution in [0.3, 0.4) is 0 Å². The summed E-state index contributed by atoms with van der Waals surface area (Å²) in [7, 11) is 0. The van der Waals surface area contributed by atoms with Gasteiger partial charge in [0.05, 0.1) is 5.56 Å². The minimum atomic E-state index is -0.245. The van der Waals surface area contributed by atoms with Gasteiger partial charge in [0.15, 0.2) is 0 Å². The molecule has 0 saturated heterocycles. The van der Waals surface area contributed by atoms with E-state index in [9.17, 15) is 4.79 Å². The summed E-state index contributed by atoms with van der Waals surface area (Å²) >= 11 is 0. The number of nitrogens with one attached hydrogen (secondary N) is 1. The van der Waals surface area contributed by atoms with Gasteiger partial charge in [-0.25, -0.2) is 0 Å². The average molecular weight is 239 g/mol. The SMILES string of the molecule is C=Cc1nc(-c2cc3ccccc3[nH]c2=O)no1. The third-order valence-corrected chi connectivity index (χ3v) is 2.61. The van der Waals surface area contributed by atoms with Crippen molar-refractivity contribution in [2.45, 2.75) is 0 Å². The molecule has 18 heavy (non-hydrogen) atoms. The number of H-pyrrole nitrogens is 1. The monoisotopic (exact) mass is 239 g/mol. The van der Waals surface area contributed by atoms with Crippen molar-refractivity contribution in [2.75, 3.05) is 0 Å². The molecular weight excluding hydrogens is 230 g/mol. The summed E-state index contributed by atoms with van der Waals surface area (Å²) in [6.07, 6.45) is 1.44. The minimum Gasteiger partial charge on any atom is -0.334 e. The van der Waals surface area contributed by atoms with Gasteiger partial charge in [-0.3, -0.25) is 4.79 Å². The van der Waals surface area contributed by atoms with E-state index in [4.69, 9.17) is 4.52 Å². The Morgan fingerprint density at radius 1 is 1.33 bits per heavy atom. The average Bonchev–Trinajstić information content (AvgIpc) is 2.86. The first-order valence-corrected chi connectivity index (χ1v) is 5.36. The van der Waals surface area contributed by atoms with Gasteiger partial charge in [-0.1, -0.05) is 29.9 Å². The van der Waals surface area contributed by atoms with E-state index in [1.54, 1.807) is 6.07 Å². The summed E-state index contributed by atoms with van der Waals surface area (Å²) < 4.78 is 4.90. The Bertz CT molecular complexity index is 786. The standard InChI is InChI=1S/C13H9N3O2/c1-2-11-15-12(16-18-11)9-7-8-5-3-4-6-10(8)14-13(9)17/h2-7H,1H2,(H,14,17). The molecule has 0 aliphatic heterocycles. The van der Waals surface area contributed by atoms with E-state index in [1.807, 2.05) is 24.3 Å². The van der Waals surface area contributed by atoms with E-state index >= 15 is 0 Å². The fourth-order valence-corrected chi connectivity index (χ4v) is 1.74. The summed E-state index contributed by atoms with van der Waals surface area (Å²) in [5.41, 5.74) is 0.911.